The molecule has 0 aromatic heterocycles. The van der Waals surface area contributed by atoms with E-state index in [-0.39, 0.29) is 23.8 Å². The molecule has 3 heteroatoms. The van der Waals surface area contributed by atoms with Crippen molar-refractivity contribution >= 4 is 17.3 Å². The van der Waals surface area contributed by atoms with E-state index in [1.54, 1.807) is 38.1 Å². The lowest BCUT2D eigenvalue weighted by Gasteiger charge is -2.18. The monoisotopic (exact) mass is 242 g/mol. The Kier molecular flexibility index (Phi) is 3.24. The van der Waals surface area contributed by atoms with E-state index in [1.165, 1.54) is 0 Å². The zero-order valence-electron chi connectivity index (χ0n) is 10.4. The summed E-state index contributed by atoms with van der Waals surface area (Å²) in [6, 6.07) is 6.75. The van der Waals surface area contributed by atoms with Gasteiger partial charge in [0.2, 0.25) is 0 Å². The number of benzene rings is 1. The van der Waals surface area contributed by atoms with Gasteiger partial charge in [-0.2, -0.15) is 0 Å². The Balaban J connectivity index is 2.50. The van der Waals surface area contributed by atoms with E-state index in [0.717, 1.165) is 0 Å². The molecule has 2 rings (SSSR count). The largest absolute Gasteiger partial charge is 0.299 e. The Labute approximate surface area is 106 Å². The van der Waals surface area contributed by atoms with Crippen LogP contribution in [0.5, 0.6) is 0 Å². The van der Waals surface area contributed by atoms with Crippen molar-refractivity contribution in [1.82, 2.24) is 0 Å². The van der Waals surface area contributed by atoms with Gasteiger partial charge >= 0.3 is 0 Å². The predicted molar refractivity (Wildman–Crippen MR) is 67.7 cm³/mol. The van der Waals surface area contributed by atoms with Crippen molar-refractivity contribution in [3.05, 3.63) is 46.5 Å². The van der Waals surface area contributed by atoms with Crippen LogP contribution in [0.3, 0.4) is 0 Å². The summed E-state index contributed by atoms with van der Waals surface area (Å²) in [5.41, 5.74) is 1.60. The highest BCUT2D eigenvalue weighted by Gasteiger charge is 2.29. The number of fused-ring (bicyclic) bond motifs is 1. The van der Waals surface area contributed by atoms with Crippen LogP contribution in [-0.4, -0.2) is 17.3 Å². The van der Waals surface area contributed by atoms with E-state index in [0.29, 0.717) is 28.7 Å². The van der Waals surface area contributed by atoms with Crippen LogP contribution in [0.15, 0.2) is 35.4 Å². The van der Waals surface area contributed by atoms with Crippen LogP contribution in [0.1, 0.15) is 47.4 Å². The summed E-state index contributed by atoms with van der Waals surface area (Å²) in [5, 5.41) is 0. The maximum absolute atomic E-state index is 12.3. The molecule has 18 heavy (non-hydrogen) atoms. The summed E-state index contributed by atoms with van der Waals surface area (Å²) in [7, 11) is 0. The van der Waals surface area contributed by atoms with Gasteiger partial charge in [-0.25, -0.2) is 0 Å². The summed E-state index contributed by atoms with van der Waals surface area (Å²) in [4.78, 5) is 35.9. The number of carbonyl (C=O) groups is 3. The molecule has 0 saturated carbocycles. The zero-order chi connectivity index (χ0) is 13.3. The minimum absolute atomic E-state index is 0.0233. The van der Waals surface area contributed by atoms with E-state index in [4.69, 9.17) is 0 Å². The van der Waals surface area contributed by atoms with Gasteiger partial charge in [0, 0.05) is 35.1 Å². The Hall–Kier alpha value is -2.03. The van der Waals surface area contributed by atoms with E-state index in [9.17, 15) is 14.4 Å². The maximum atomic E-state index is 12.3. The second-order valence-electron chi connectivity index (χ2n) is 4.38. The highest BCUT2D eigenvalue weighted by molar-refractivity contribution is 6.27. The Morgan fingerprint density at radius 2 is 1.61 bits per heavy atom. The van der Waals surface area contributed by atoms with Crippen molar-refractivity contribution in [1.29, 1.82) is 0 Å². The molecule has 0 radical (unpaired) electrons. The minimum atomic E-state index is -0.190. The van der Waals surface area contributed by atoms with Crippen molar-refractivity contribution in [2.24, 2.45) is 0 Å². The van der Waals surface area contributed by atoms with Crippen LogP contribution in [0, 0.1) is 0 Å². The summed E-state index contributed by atoms with van der Waals surface area (Å²) in [6.45, 7) is 3.37. The number of allylic oxidation sites excluding steroid dienone is 2. The second kappa shape index (κ2) is 4.69. The molecule has 0 atom stereocenters. The van der Waals surface area contributed by atoms with Crippen LogP contribution in [0.25, 0.3) is 0 Å². The molecule has 0 saturated heterocycles. The normalized spacial score (nSPS) is 14.8. The zero-order valence-corrected chi connectivity index (χ0v) is 10.4. The highest BCUT2D eigenvalue weighted by Crippen LogP contribution is 2.28. The molecule has 1 aromatic rings. The molecule has 0 aliphatic heterocycles. The van der Waals surface area contributed by atoms with Gasteiger partial charge in [-0.3, -0.25) is 14.4 Å². The van der Waals surface area contributed by atoms with Crippen LogP contribution in [0.4, 0.5) is 0 Å². The third-order valence-corrected chi connectivity index (χ3v) is 3.25. The average Bonchev–Trinajstić information content (AvgIpc) is 2.40. The molecule has 0 fully saturated rings. The lowest BCUT2D eigenvalue weighted by molar-refractivity contribution is -0.118. The number of hydrogen-bond acceptors (Lipinski definition) is 3. The fourth-order valence-electron chi connectivity index (χ4n) is 2.09. The minimum Gasteiger partial charge on any atom is -0.299 e. The van der Waals surface area contributed by atoms with Gasteiger partial charge in [0.1, 0.15) is 5.78 Å². The summed E-state index contributed by atoms with van der Waals surface area (Å²) >= 11 is 0. The van der Waals surface area contributed by atoms with Crippen LogP contribution < -0.4 is 0 Å². The average molecular weight is 242 g/mol. The molecule has 1 aromatic carbocycles. The predicted octanol–water partition coefficient (Wildman–Crippen LogP) is 2.75. The van der Waals surface area contributed by atoms with Gasteiger partial charge in [0.25, 0.3) is 0 Å². The molecule has 3 nitrogen and oxygen atoms in total. The topological polar surface area (TPSA) is 51.2 Å². The van der Waals surface area contributed by atoms with Crippen molar-refractivity contribution in [2.45, 2.75) is 26.7 Å². The molecular weight excluding hydrogens is 228 g/mol. The quantitative estimate of drug-likeness (QED) is 0.818. The van der Waals surface area contributed by atoms with Gasteiger partial charge < -0.3 is 0 Å². The van der Waals surface area contributed by atoms with Gasteiger partial charge in [-0.05, 0) is 6.92 Å². The number of hydrogen-bond donors (Lipinski definition) is 0. The third-order valence-electron chi connectivity index (χ3n) is 3.25. The van der Waals surface area contributed by atoms with Gasteiger partial charge in [-0.15, -0.1) is 0 Å². The highest BCUT2D eigenvalue weighted by atomic mass is 16.1. The molecule has 0 heterocycles. The van der Waals surface area contributed by atoms with Crippen molar-refractivity contribution < 1.29 is 14.4 Å². The summed E-state index contributed by atoms with van der Waals surface area (Å²) < 4.78 is 0. The molecule has 0 N–H and O–H groups in total. The molecule has 0 unspecified atom stereocenters. The van der Waals surface area contributed by atoms with Gasteiger partial charge in [-0.1, -0.05) is 31.2 Å². The van der Waals surface area contributed by atoms with Crippen LogP contribution >= 0.6 is 0 Å². The fraction of sp³-hybridized carbons (Fsp3) is 0.267. The first kappa shape index (κ1) is 12.4. The van der Waals surface area contributed by atoms with E-state index < -0.39 is 0 Å². The fourth-order valence-corrected chi connectivity index (χ4v) is 2.09. The van der Waals surface area contributed by atoms with Crippen LogP contribution in [-0.2, 0) is 4.79 Å². The number of ketones is 3. The Morgan fingerprint density at radius 3 is 2.17 bits per heavy atom. The first-order valence-corrected chi connectivity index (χ1v) is 5.96. The van der Waals surface area contributed by atoms with Crippen molar-refractivity contribution in [2.75, 3.05) is 0 Å². The van der Waals surface area contributed by atoms with Crippen LogP contribution in [0.2, 0.25) is 0 Å². The lowest BCUT2D eigenvalue weighted by atomic mass is 9.82. The van der Waals surface area contributed by atoms with Crippen molar-refractivity contribution in [3.8, 4) is 0 Å². The van der Waals surface area contributed by atoms with E-state index >= 15 is 0 Å². The molecule has 0 bridgehead atoms. The number of rotatable bonds is 3. The number of Topliss-reactive ketones (excluding diaryl/α,β-unsaturated/α-hetero) is 3. The summed E-state index contributed by atoms with van der Waals surface area (Å²) in [6.07, 6.45) is 0.432. The third kappa shape index (κ3) is 1.92. The first-order valence-electron chi connectivity index (χ1n) is 5.96. The molecule has 92 valence electrons. The second-order valence-corrected chi connectivity index (χ2v) is 4.38. The standard InChI is InChI=1S/C15H14O3/c1-3-10(16)8-13-9(2)14(17)11-6-4-5-7-12(11)15(13)18/h4-7H,3,8H2,1-2H3. The Bertz CT molecular complexity index is 579. The molecule has 1 aliphatic rings. The Morgan fingerprint density at radius 1 is 1.06 bits per heavy atom. The van der Waals surface area contributed by atoms with Gasteiger partial charge in [0.15, 0.2) is 11.6 Å². The summed E-state index contributed by atoms with van der Waals surface area (Å²) in [5.74, 6) is -0.363. The smallest absolute Gasteiger partial charge is 0.190 e. The SMILES string of the molecule is CCC(=O)CC1=C(C)C(=O)c2ccccc2C1=O. The number of carbonyl (C=O) groups excluding carboxylic acids is 3. The molecule has 0 spiro atoms. The van der Waals surface area contributed by atoms with Crippen molar-refractivity contribution in [3.63, 3.8) is 0 Å². The molecular formula is C15H14O3. The first-order chi connectivity index (χ1) is 8.56. The van der Waals surface area contributed by atoms with E-state index in [2.05, 4.69) is 0 Å². The van der Waals surface area contributed by atoms with Gasteiger partial charge in [0.05, 0.1) is 0 Å². The lowest BCUT2D eigenvalue weighted by Crippen LogP contribution is -2.22. The maximum Gasteiger partial charge on any atom is 0.190 e. The van der Waals surface area contributed by atoms with E-state index in [1.807, 2.05) is 0 Å². The molecule has 1 aliphatic carbocycles. The molecule has 0 amide bonds.